The first kappa shape index (κ1) is 18.5. The summed E-state index contributed by atoms with van der Waals surface area (Å²) in [5, 5.41) is 3.09. The van der Waals surface area contributed by atoms with E-state index < -0.39 is 0 Å². The molecule has 0 aliphatic carbocycles. The Morgan fingerprint density at radius 1 is 1.12 bits per heavy atom. The molecule has 1 heterocycles. The molecule has 0 radical (unpaired) electrons. The van der Waals surface area contributed by atoms with Crippen molar-refractivity contribution >= 4 is 5.91 Å². The van der Waals surface area contributed by atoms with Crippen molar-refractivity contribution in [2.75, 3.05) is 20.2 Å². The molecule has 1 aliphatic heterocycles. The Kier molecular flexibility index (Phi) is 6.29. The van der Waals surface area contributed by atoms with Gasteiger partial charge in [0.15, 0.2) is 0 Å². The van der Waals surface area contributed by atoms with Gasteiger partial charge in [-0.25, -0.2) is 0 Å². The van der Waals surface area contributed by atoms with Gasteiger partial charge in [-0.05, 0) is 56.1 Å². The van der Waals surface area contributed by atoms with Gasteiger partial charge in [-0.3, -0.25) is 9.69 Å². The van der Waals surface area contributed by atoms with Crippen molar-refractivity contribution in [1.82, 2.24) is 10.2 Å². The van der Waals surface area contributed by atoms with Gasteiger partial charge in [0.25, 0.3) is 0 Å². The van der Waals surface area contributed by atoms with Crippen molar-refractivity contribution in [3.8, 4) is 5.75 Å². The molecule has 2 aromatic carbocycles. The molecule has 3 rings (SSSR count). The van der Waals surface area contributed by atoms with E-state index in [2.05, 4.69) is 53.5 Å². The number of ether oxygens (including phenoxy) is 1. The van der Waals surface area contributed by atoms with E-state index in [4.69, 9.17) is 4.74 Å². The van der Waals surface area contributed by atoms with Crippen LogP contribution in [0.15, 0.2) is 48.5 Å². The SMILES string of the molecule is COc1cccc(CN2CCC(C(=O)NCc3ccc(C)cc3)CC2)c1. The third kappa shape index (κ3) is 5.09. The minimum absolute atomic E-state index is 0.127. The summed E-state index contributed by atoms with van der Waals surface area (Å²) in [5.74, 6) is 1.21. The van der Waals surface area contributed by atoms with Crippen LogP contribution in [0.4, 0.5) is 0 Å². The van der Waals surface area contributed by atoms with Gasteiger partial charge in [0, 0.05) is 19.0 Å². The molecule has 1 fully saturated rings. The number of piperidine rings is 1. The molecule has 0 bridgehead atoms. The molecule has 1 amide bonds. The van der Waals surface area contributed by atoms with Crippen molar-refractivity contribution in [3.63, 3.8) is 0 Å². The number of benzene rings is 2. The van der Waals surface area contributed by atoms with Crippen molar-refractivity contribution in [3.05, 3.63) is 65.2 Å². The maximum atomic E-state index is 12.4. The Labute approximate surface area is 156 Å². The van der Waals surface area contributed by atoms with E-state index in [1.807, 2.05) is 12.1 Å². The van der Waals surface area contributed by atoms with Crippen LogP contribution in [-0.4, -0.2) is 31.0 Å². The van der Waals surface area contributed by atoms with Gasteiger partial charge in [0.1, 0.15) is 5.75 Å². The molecule has 138 valence electrons. The molecular formula is C22H28N2O2. The number of nitrogens with one attached hydrogen (secondary N) is 1. The average molecular weight is 352 g/mol. The number of carbonyl (C=O) groups is 1. The molecule has 0 atom stereocenters. The number of nitrogens with zero attached hydrogens (tertiary/aromatic N) is 1. The zero-order chi connectivity index (χ0) is 18.4. The summed E-state index contributed by atoms with van der Waals surface area (Å²) < 4.78 is 5.29. The summed E-state index contributed by atoms with van der Waals surface area (Å²) in [6.45, 7) is 5.51. The lowest BCUT2D eigenvalue weighted by molar-refractivity contribution is -0.126. The predicted molar refractivity (Wildman–Crippen MR) is 104 cm³/mol. The van der Waals surface area contributed by atoms with Gasteiger partial charge < -0.3 is 10.1 Å². The highest BCUT2D eigenvalue weighted by Crippen LogP contribution is 2.21. The lowest BCUT2D eigenvalue weighted by atomic mass is 9.95. The lowest BCUT2D eigenvalue weighted by Crippen LogP contribution is -2.40. The highest BCUT2D eigenvalue weighted by molar-refractivity contribution is 5.78. The van der Waals surface area contributed by atoms with E-state index in [1.54, 1.807) is 7.11 Å². The van der Waals surface area contributed by atoms with E-state index >= 15 is 0 Å². The zero-order valence-electron chi connectivity index (χ0n) is 15.7. The fourth-order valence-corrected chi connectivity index (χ4v) is 3.42. The van der Waals surface area contributed by atoms with Gasteiger partial charge in [-0.1, -0.05) is 42.0 Å². The Hall–Kier alpha value is -2.33. The van der Waals surface area contributed by atoms with Crippen LogP contribution < -0.4 is 10.1 Å². The third-order valence-electron chi connectivity index (χ3n) is 5.09. The highest BCUT2D eigenvalue weighted by atomic mass is 16.5. The van der Waals surface area contributed by atoms with E-state index in [0.29, 0.717) is 6.54 Å². The maximum Gasteiger partial charge on any atom is 0.223 e. The van der Waals surface area contributed by atoms with Crippen LogP contribution >= 0.6 is 0 Å². The Morgan fingerprint density at radius 3 is 2.54 bits per heavy atom. The number of rotatable bonds is 6. The first-order valence-corrected chi connectivity index (χ1v) is 9.32. The van der Waals surface area contributed by atoms with Crippen molar-refractivity contribution in [1.29, 1.82) is 0 Å². The first-order valence-electron chi connectivity index (χ1n) is 9.32. The van der Waals surface area contributed by atoms with Crippen molar-refractivity contribution in [2.24, 2.45) is 5.92 Å². The third-order valence-corrected chi connectivity index (χ3v) is 5.09. The number of amides is 1. The maximum absolute atomic E-state index is 12.4. The minimum Gasteiger partial charge on any atom is -0.497 e. The Balaban J connectivity index is 1.43. The topological polar surface area (TPSA) is 41.6 Å². The molecule has 0 saturated carbocycles. The van der Waals surface area contributed by atoms with Gasteiger partial charge >= 0.3 is 0 Å². The second kappa shape index (κ2) is 8.86. The summed E-state index contributed by atoms with van der Waals surface area (Å²) in [7, 11) is 1.69. The molecule has 0 unspecified atom stereocenters. The highest BCUT2D eigenvalue weighted by Gasteiger charge is 2.24. The summed E-state index contributed by atoms with van der Waals surface area (Å²) in [4.78, 5) is 14.9. The predicted octanol–water partition coefficient (Wildman–Crippen LogP) is 3.53. The average Bonchev–Trinajstić information content (AvgIpc) is 2.68. The standard InChI is InChI=1S/C22H28N2O2/c1-17-6-8-18(9-7-17)15-23-22(25)20-10-12-24(13-11-20)16-19-4-3-5-21(14-19)26-2/h3-9,14,20H,10-13,15-16H2,1-2H3,(H,23,25). The zero-order valence-corrected chi connectivity index (χ0v) is 15.7. The van der Waals surface area contributed by atoms with E-state index in [-0.39, 0.29) is 11.8 Å². The molecule has 4 nitrogen and oxygen atoms in total. The molecule has 1 N–H and O–H groups in total. The van der Waals surface area contributed by atoms with Crippen molar-refractivity contribution < 1.29 is 9.53 Å². The normalized spacial score (nSPS) is 15.6. The molecule has 2 aromatic rings. The van der Waals surface area contributed by atoms with Crippen LogP contribution in [0.25, 0.3) is 0 Å². The molecule has 1 aliphatic rings. The quantitative estimate of drug-likeness (QED) is 0.865. The fraction of sp³-hybridized carbons (Fsp3) is 0.409. The van der Waals surface area contributed by atoms with Gasteiger partial charge in [-0.15, -0.1) is 0 Å². The van der Waals surface area contributed by atoms with Crippen LogP contribution in [0.2, 0.25) is 0 Å². The smallest absolute Gasteiger partial charge is 0.223 e. The van der Waals surface area contributed by atoms with Gasteiger partial charge in [0.05, 0.1) is 7.11 Å². The lowest BCUT2D eigenvalue weighted by Gasteiger charge is -2.31. The number of carbonyl (C=O) groups excluding carboxylic acids is 1. The van der Waals surface area contributed by atoms with Crippen molar-refractivity contribution in [2.45, 2.75) is 32.9 Å². The first-order chi connectivity index (χ1) is 12.6. The minimum atomic E-state index is 0.127. The second-order valence-corrected chi connectivity index (χ2v) is 7.11. The molecule has 0 aromatic heterocycles. The monoisotopic (exact) mass is 352 g/mol. The number of methoxy groups -OCH3 is 1. The van der Waals surface area contributed by atoms with E-state index in [0.717, 1.165) is 43.8 Å². The van der Waals surface area contributed by atoms with Crippen LogP contribution in [0.3, 0.4) is 0 Å². The summed E-state index contributed by atoms with van der Waals surface area (Å²) in [6.07, 6.45) is 1.84. The van der Waals surface area contributed by atoms with Crippen LogP contribution in [0, 0.1) is 12.8 Å². The number of likely N-dealkylation sites (tertiary alicyclic amines) is 1. The number of hydrogen-bond acceptors (Lipinski definition) is 3. The molecule has 1 saturated heterocycles. The molecule has 4 heteroatoms. The Morgan fingerprint density at radius 2 is 1.85 bits per heavy atom. The summed E-state index contributed by atoms with van der Waals surface area (Å²) in [6, 6.07) is 16.5. The van der Waals surface area contributed by atoms with Gasteiger partial charge in [0.2, 0.25) is 5.91 Å². The van der Waals surface area contributed by atoms with Crippen LogP contribution in [0.1, 0.15) is 29.5 Å². The van der Waals surface area contributed by atoms with Crippen LogP contribution in [0.5, 0.6) is 5.75 Å². The second-order valence-electron chi connectivity index (χ2n) is 7.11. The largest absolute Gasteiger partial charge is 0.497 e. The Bertz CT molecular complexity index is 719. The molecular weight excluding hydrogens is 324 g/mol. The summed E-state index contributed by atoms with van der Waals surface area (Å²) >= 11 is 0. The van der Waals surface area contributed by atoms with Gasteiger partial charge in [-0.2, -0.15) is 0 Å². The van der Waals surface area contributed by atoms with E-state index in [9.17, 15) is 4.79 Å². The van der Waals surface area contributed by atoms with Crippen LogP contribution in [-0.2, 0) is 17.9 Å². The fourth-order valence-electron chi connectivity index (χ4n) is 3.42. The van der Waals surface area contributed by atoms with E-state index in [1.165, 1.54) is 11.1 Å². The molecule has 26 heavy (non-hydrogen) atoms. The molecule has 0 spiro atoms. The number of hydrogen-bond donors (Lipinski definition) is 1. The summed E-state index contributed by atoms with van der Waals surface area (Å²) in [5.41, 5.74) is 3.65. The number of aryl methyl sites for hydroxylation is 1.